The molecule has 92 valence electrons. The van der Waals surface area contributed by atoms with E-state index in [2.05, 4.69) is 13.8 Å². The SMILES string of the molecule is CCC/C(C)=C(/C(=O)OCC)C1CCCC1. The van der Waals surface area contributed by atoms with Crippen molar-refractivity contribution in [1.29, 1.82) is 0 Å². The summed E-state index contributed by atoms with van der Waals surface area (Å²) in [6, 6.07) is 0. The lowest BCUT2D eigenvalue weighted by molar-refractivity contribution is -0.139. The fourth-order valence-electron chi connectivity index (χ4n) is 2.62. The van der Waals surface area contributed by atoms with Crippen LogP contribution in [-0.4, -0.2) is 12.6 Å². The van der Waals surface area contributed by atoms with Gasteiger partial charge in [-0.3, -0.25) is 0 Å². The Labute approximate surface area is 99.1 Å². The fraction of sp³-hybridized carbons (Fsp3) is 0.786. The summed E-state index contributed by atoms with van der Waals surface area (Å²) in [6.45, 7) is 6.60. The summed E-state index contributed by atoms with van der Waals surface area (Å²) in [6.07, 6.45) is 6.95. The van der Waals surface area contributed by atoms with Crippen molar-refractivity contribution in [2.75, 3.05) is 6.61 Å². The zero-order chi connectivity index (χ0) is 12.0. The van der Waals surface area contributed by atoms with Crippen molar-refractivity contribution < 1.29 is 9.53 Å². The van der Waals surface area contributed by atoms with Gasteiger partial charge in [0, 0.05) is 5.57 Å². The van der Waals surface area contributed by atoms with Crippen LogP contribution >= 0.6 is 0 Å². The highest BCUT2D eigenvalue weighted by Crippen LogP contribution is 2.34. The van der Waals surface area contributed by atoms with Crippen molar-refractivity contribution in [1.82, 2.24) is 0 Å². The van der Waals surface area contributed by atoms with E-state index < -0.39 is 0 Å². The lowest BCUT2D eigenvalue weighted by Crippen LogP contribution is -2.16. The highest BCUT2D eigenvalue weighted by Gasteiger charge is 2.26. The second-order valence-electron chi connectivity index (χ2n) is 4.65. The van der Waals surface area contributed by atoms with E-state index in [4.69, 9.17) is 4.74 Å². The van der Waals surface area contributed by atoms with E-state index in [0.29, 0.717) is 12.5 Å². The van der Waals surface area contributed by atoms with Gasteiger partial charge in [0.05, 0.1) is 6.61 Å². The Morgan fingerprint density at radius 2 is 1.88 bits per heavy atom. The second-order valence-corrected chi connectivity index (χ2v) is 4.65. The minimum Gasteiger partial charge on any atom is -0.463 e. The average molecular weight is 224 g/mol. The molecule has 1 aliphatic carbocycles. The number of ether oxygens (including phenoxy) is 1. The van der Waals surface area contributed by atoms with Crippen LogP contribution in [-0.2, 0) is 9.53 Å². The van der Waals surface area contributed by atoms with Gasteiger partial charge in [0.1, 0.15) is 0 Å². The molecule has 1 fully saturated rings. The average Bonchev–Trinajstić information content (AvgIpc) is 2.72. The quantitative estimate of drug-likeness (QED) is 0.523. The van der Waals surface area contributed by atoms with Crippen LogP contribution in [0.5, 0.6) is 0 Å². The standard InChI is InChI=1S/C14H24O2/c1-4-8-11(3)13(14(15)16-5-2)12-9-6-7-10-12/h12H,4-10H2,1-3H3/b13-11+. The van der Waals surface area contributed by atoms with E-state index in [1.807, 2.05) is 6.92 Å². The van der Waals surface area contributed by atoms with Crippen LogP contribution in [0.4, 0.5) is 0 Å². The monoisotopic (exact) mass is 224 g/mol. The van der Waals surface area contributed by atoms with Crippen LogP contribution in [0.25, 0.3) is 0 Å². The summed E-state index contributed by atoms with van der Waals surface area (Å²) in [5, 5.41) is 0. The third-order valence-corrected chi connectivity index (χ3v) is 3.34. The molecular weight excluding hydrogens is 200 g/mol. The van der Waals surface area contributed by atoms with E-state index in [0.717, 1.165) is 31.3 Å². The number of esters is 1. The molecule has 0 radical (unpaired) electrons. The first-order valence-electron chi connectivity index (χ1n) is 6.57. The Morgan fingerprint density at radius 1 is 1.25 bits per heavy atom. The van der Waals surface area contributed by atoms with Crippen LogP contribution in [0.15, 0.2) is 11.1 Å². The minimum absolute atomic E-state index is 0.0691. The van der Waals surface area contributed by atoms with E-state index in [-0.39, 0.29) is 5.97 Å². The number of carbonyl (C=O) groups excluding carboxylic acids is 1. The lowest BCUT2D eigenvalue weighted by Gasteiger charge is -2.16. The lowest BCUT2D eigenvalue weighted by atomic mass is 9.91. The molecule has 2 heteroatoms. The number of hydrogen-bond acceptors (Lipinski definition) is 2. The Morgan fingerprint density at radius 3 is 2.38 bits per heavy atom. The highest BCUT2D eigenvalue weighted by molar-refractivity contribution is 5.89. The van der Waals surface area contributed by atoms with Crippen molar-refractivity contribution in [2.45, 2.75) is 59.3 Å². The van der Waals surface area contributed by atoms with Gasteiger partial charge >= 0.3 is 5.97 Å². The minimum atomic E-state index is -0.0691. The molecule has 0 bridgehead atoms. The van der Waals surface area contributed by atoms with Crippen molar-refractivity contribution in [3.63, 3.8) is 0 Å². The van der Waals surface area contributed by atoms with Crippen LogP contribution in [0.1, 0.15) is 59.3 Å². The van der Waals surface area contributed by atoms with Gasteiger partial charge in [0.2, 0.25) is 0 Å². The Balaban J connectivity index is 2.83. The zero-order valence-electron chi connectivity index (χ0n) is 10.8. The van der Waals surface area contributed by atoms with Gasteiger partial charge in [-0.1, -0.05) is 31.8 Å². The second kappa shape index (κ2) is 6.72. The van der Waals surface area contributed by atoms with Gasteiger partial charge in [-0.25, -0.2) is 4.79 Å². The molecule has 0 saturated heterocycles. The normalized spacial score (nSPS) is 18.4. The first-order valence-corrected chi connectivity index (χ1v) is 6.57. The maximum atomic E-state index is 12.0. The van der Waals surface area contributed by atoms with Gasteiger partial charge in [-0.15, -0.1) is 0 Å². The first kappa shape index (κ1) is 13.3. The molecular formula is C14H24O2. The molecule has 0 N–H and O–H groups in total. The Bertz CT molecular complexity index is 260. The van der Waals surface area contributed by atoms with Crippen molar-refractivity contribution in [2.24, 2.45) is 5.92 Å². The van der Waals surface area contributed by atoms with Crippen LogP contribution < -0.4 is 0 Å². The van der Waals surface area contributed by atoms with Gasteiger partial charge in [0.15, 0.2) is 0 Å². The molecule has 0 amide bonds. The van der Waals surface area contributed by atoms with Gasteiger partial charge < -0.3 is 4.74 Å². The molecule has 0 aromatic rings. The third-order valence-electron chi connectivity index (χ3n) is 3.34. The van der Waals surface area contributed by atoms with E-state index >= 15 is 0 Å². The molecule has 0 aliphatic heterocycles. The van der Waals surface area contributed by atoms with Crippen molar-refractivity contribution in [3.05, 3.63) is 11.1 Å². The maximum absolute atomic E-state index is 12.0. The van der Waals surface area contributed by atoms with Crippen LogP contribution in [0.3, 0.4) is 0 Å². The summed E-state index contributed by atoms with van der Waals surface area (Å²) in [7, 11) is 0. The van der Waals surface area contributed by atoms with E-state index in [1.54, 1.807) is 0 Å². The predicted octanol–water partition coefficient (Wildman–Crippen LogP) is 3.86. The summed E-state index contributed by atoms with van der Waals surface area (Å²) in [5.41, 5.74) is 2.23. The Kier molecular flexibility index (Phi) is 5.58. The van der Waals surface area contributed by atoms with Gasteiger partial charge in [0.25, 0.3) is 0 Å². The largest absolute Gasteiger partial charge is 0.463 e. The van der Waals surface area contributed by atoms with Crippen LogP contribution in [0, 0.1) is 5.92 Å². The van der Waals surface area contributed by atoms with Crippen LogP contribution in [0.2, 0.25) is 0 Å². The molecule has 0 aromatic carbocycles. The van der Waals surface area contributed by atoms with Crippen molar-refractivity contribution >= 4 is 5.97 Å². The van der Waals surface area contributed by atoms with Gasteiger partial charge in [-0.2, -0.15) is 0 Å². The number of rotatable bonds is 5. The Hall–Kier alpha value is -0.790. The molecule has 16 heavy (non-hydrogen) atoms. The number of allylic oxidation sites excluding steroid dienone is 1. The first-order chi connectivity index (χ1) is 7.70. The van der Waals surface area contributed by atoms with Crippen molar-refractivity contribution in [3.8, 4) is 0 Å². The van der Waals surface area contributed by atoms with Gasteiger partial charge in [-0.05, 0) is 39.0 Å². The summed E-state index contributed by atoms with van der Waals surface area (Å²) in [5.74, 6) is 0.394. The summed E-state index contributed by atoms with van der Waals surface area (Å²) in [4.78, 5) is 12.0. The van der Waals surface area contributed by atoms with E-state index in [9.17, 15) is 4.79 Å². The fourth-order valence-corrected chi connectivity index (χ4v) is 2.62. The molecule has 0 heterocycles. The molecule has 1 aliphatic rings. The molecule has 1 rings (SSSR count). The molecule has 0 unspecified atom stereocenters. The molecule has 0 atom stereocenters. The summed E-state index contributed by atoms with van der Waals surface area (Å²) >= 11 is 0. The zero-order valence-corrected chi connectivity index (χ0v) is 10.8. The molecule has 1 saturated carbocycles. The topological polar surface area (TPSA) is 26.3 Å². The smallest absolute Gasteiger partial charge is 0.334 e. The number of carbonyl (C=O) groups is 1. The number of hydrogen-bond donors (Lipinski definition) is 0. The predicted molar refractivity (Wildman–Crippen MR) is 66.2 cm³/mol. The highest BCUT2D eigenvalue weighted by atomic mass is 16.5. The third kappa shape index (κ3) is 3.36. The molecule has 0 spiro atoms. The van der Waals surface area contributed by atoms with E-state index in [1.165, 1.54) is 18.4 Å². The molecule has 2 nitrogen and oxygen atoms in total. The maximum Gasteiger partial charge on any atom is 0.334 e. The molecule has 0 aromatic heterocycles. The summed E-state index contributed by atoms with van der Waals surface area (Å²) < 4.78 is 5.19.